The van der Waals surface area contributed by atoms with Gasteiger partial charge in [-0.1, -0.05) is 57.2 Å². The summed E-state index contributed by atoms with van der Waals surface area (Å²) in [5, 5.41) is 29.2. The average molecular weight is 879 g/mol. The van der Waals surface area contributed by atoms with E-state index >= 15 is 0 Å². The van der Waals surface area contributed by atoms with Crippen LogP contribution in [0.25, 0.3) is 21.8 Å². The molecule has 16 heteroatoms. The van der Waals surface area contributed by atoms with Gasteiger partial charge < -0.3 is 38.3 Å². The van der Waals surface area contributed by atoms with E-state index in [4.69, 9.17) is 24.6 Å². The highest BCUT2D eigenvalue weighted by molar-refractivity contribution is 5.98. The van der Waals surface area contributed by atoms with Crippen LogP contribution >= 0.6 is 0 Å². The number of carbonyl (C=O) groups excluding carboxylic acids is 3. The van der Waals surface area contributed by atoms with Gasteiger partial charge in [-0.15, -0.1) is 0 Å². The van der Waals surface area contributed by atoms with Gasteiger partial charge in [0.15, 0.2) is 0 Å². The summed E-state index contributed by atoms with van der Waals surface area (Å²) in [4.78, 5) is 50.1. The minimum absolute atomic E-state index is 0.135. The monoisotopic (exact) mass is 878 g/mol. The van der Waals surface area contributed by atoms with Crippen LogP contribution < -0.4 is 20.4 Å². The maximum absolute atomic E-state index is 12.2. The number of hydroxylamine groups is 2. The maximum atomic E-state index is 12.2. The lowest BCUT2D eigenvalue weighted by atomic mass is 9.96. The van der Waals surface area contributed by atoms with Crippen molar-refractivity contribution in [1.82, 2.24) is 29.9 Å². The van der Waals surface area contributed by atoms with Gasteiger partial charge in [-0.2, -0.15) is 0 Å². The van der Waals surface area contributed by atoms with E-state index in [1.165, 1.54) is 9.80 Å². The Morgan fingerprint density at radius 1 is 0.641 bits per heavy atom. The number of benzene rings is 4. The summed E-state index contributed by atoms with van der Waals surface area (Å²) < 4.78 is 21.2. The molecular weight excluding hydrogens is 821 g/mol. The standard InChI is InChI=1S/2C24H29N3O5/c1-24(2,3)32-23(29)26(4)16-17-6-5-7-20(14-17)31-13-12-27-11-10-18-8-9-19(15-21(18)27)22(28)25-30;1-24(2,3)16-27(23(29)30)15-17-5-4-6-20(13-17)32-12-11-26-10-9-18-7-8-19(14-21(18)26)22(28)25-31/h5-11,14-15,30H,12-13,16H2,1-4H3,(H,25,28);4-10,13-14,31H,11-12,15-16H2,1-3H3,(H,25,28)(H,29,30). The number of hydrogen-bond acceptors (Lipinski definition) is 9. The third-order valence-electron chi connectivity index (χ3n) is 9.71. The van der Waals surface area contributed by atoms with Crippen LogP contribution in [0, 0.1) is 5.41 Å². The number of carbonyl (C=O) groups is 4. The highest BCUT2D eigenvalue weighted by Crippen LogP contribution is 2.23. The number of nitrogens with one attached hydrogen (secondary N) is 2. The Kier molecular flexibility index (Phi) is 16.0. The predicted molar refractivity (Wildman–Crippen MR) is 242 cm³/mol. The van der Waals surface area contributed by atoms with Crippen molar-refractivity contribution in [1.29, 1.82) is 0 Å². The highest BCUT2D eigenvalue weighted by atomic mass is 16.6. The first-order valence-electron chi connectivity index (χ1n) is 20.7. The second-order valence-corrected chi connectivity index (χ2v) is 17.5. The van der Waals surface area contributed by atoms with Gasteiger partial charge in [-0.25, -0.2) is 20.5 Å². The third kappa shape index (κ3) is 14.0. The Bertz CT molecular complexity index is 2550. The molecule has 0 spiro atoms. The van der Waals surface area contributed by atoms with Gasteiger partial charge >= 0.3 is 12.2 Å². The second kappa shape index (κ2) is 21.4. The number of hydrogen-bond donors (Lipinski definition) is 5. The van der Waals surface area contributed by atoms with Crippen molar-refractivity contribution < 1.29 is 48.9 Å². The summed E-state index contributed by atoms with van der Waals surface area (Å²) >= 11 is 0. The molecule has 0 unspecified atom stereocenters. The molecule has 0 atom stereocenters. The zero-order valence-electron chi connectivity index (χ0n) is 37.3. The first-order valence-corrected chi connectivity index (χ1v) is 20.7. The van der Waals surface area contributed by atoms with E-state index in [0.717, 1.165) is 32.9 Å². The largest absolute Gasteiger partial charge is 0.492 e. The van der Waals surface area contributed by atoms with Crippen molar-refractivity contribution in [2.24, 2.45) is 5.41 Å². The first-order chi connectivity index (χ1) is 30.3. The van der Waals surface area contributed by atoms with Gasteiger partial charge in [0.25, 0.3) is 11.8 Å². The summed E-state index contributed by atoms with van der Waals surface area (Å²) in [5.74, 6) is 0.260. The molecule has 0 saturated heterocycles. The quantitative estimate of drug-likeness (QED) is 0.0492. The summed E-state index contributed by atoms with van der Waals surface area (Å²) in [7, 11) is 1.70. The molecule has 0 aliphatic heterocycles. The summed E-state index contributed by atoms with van der Waals surface area (Å²) in [6.45, 7) is 14.6. The average Bonchev–Trinajstić information content (AvgIpc) is 3.85. The molecule has 5 N–H and O–H groups in total. The molecule has 2 aromatic heterocycles. The van der Waals surface area contributed by atoms with E-state index in [0.29, 0.717) is 68.6 Å². The van der Waals surface area contributed by atoms with Crippen molar-refractivity contribution in [3.8, 4) is 11.5 Å². The maximum Gasteiger partial charge on any atom is 0.410 e. The van der Waals surface area contributed by atoms with Crippen LogP contribution in [0.1, 0.15) is 73.4 Å². The number of nitrogens with zero attached hydrogens (tertiary/aromatic N) is 4. The van der Waals surface area contributed by atoms with E-state index < -0.39 is 23.5 Å². The molecule has 0 aliphatic carbocycles. The van der Waals surface area contributed by atoms with Crippen molar-refractivity contribution in [3.63, 3.8) is 0 Å². The van der Waals surface area contributed by atoms with Crippen LogP contribution in [0.15, 0.2) is 109 Å². The molecule has 64 heavy (non-hydrogen) atoms. The summed E-state index contributed by atoms with van der Waals surface area (Å²) in [6, 6.07) is 29.4. The fourth-order valence-electron chi connectivity index (χ4n) is 6.82. The van der Waals surface area contributed by atoms with E-state index in [1.54, 1.807) is 42.3 Å². The topological polar surface area (TPSA) is 197 Å². The van der Waals surface area contributed by atoms with Gasteiger partial charge in [0.2, 0.25) is 0 Å². The molecular formula is C48H58N6O10. The minimum atomic E-state index is -0.944. The Morgan fingerprint density at radius 3 is 1.53 bits per heavy atom. The number of amides is 4. The van der Waals surface area contributed by atoms with Crippen LogP contribution in [0.4, 0.5) is 9.59 Å². The molecule has 6 aromatic rings. The minimum Gasteiger partial charge on any atom is -0.492 e. The summed E-state index contributed by atoms with van der Waals surface area (Å²) in [6.07, 6.45) is 2.53. The lowest BCUT2D eigenvalue weighted by Crippen LogP contribution is -2.36. The number of aromatic nitrogens is 2. The molecule has 4 aromatic carbocycles. The first kappa shape index (κ1) is 48.0. The molecule has 340 valence electrons. The number of rotatable bonds is 15. The van der Waals surface area contributed by atoms with Crippen molar-refractivity contribution >= 4 is 45.8 Å². The molecule has 4 amide bonds. The van der Waals surface area contributed by atoms with Gasteiger partial charge in [-0.05, 0) is 109 Å². The second-order valence-electron chi connectivity index (χ2n) is 17.5. The lowest BCUT2D eigenvalue weighted by Gasteiger charge is -2.27. The fourth-order valence-corrected chi connectivity index (χ4v) is 6.82. The molecule has 0 saturated carbocycles. The fraction of sp³-hybridized carbons (Fsp3) is 0.333. The van der Waals surface area contributed by atoms with Crippen LogP contribution in [0.5, 0.6) is 11.5 Å². The van der Waals surface area contributed by atoms with E-state index in [2.05, 4.69) is 0 Å². The van der Waals surface area contributed by atoms with Crippen molar-refractivity contribution in [3.05, 3.63) is 132 Å². The van der Waals surface area contributed by atoms with Crippen LogP contribution in [-0.4, -0.2) is 90.9 Å². The Balaban J connectivity index is 0.000000241. The highest BCUT2D eigenvalue weighted by Gasteiger charge is 2.22. The Morgan fingerprint density at radius 2 is 1.11 bits per heavy atom. The van der Waals surface area contributed by atoms with Crippen LogP contribution in [0.2, 0.25) is 0 Å². The zero-order chi connectivity index (χ0) is 46.6. The molecule has 2 heterocycles. The van der Waals surface area contributed by atoms with Gasteiger partial charge in [0.05, 0.1) is 13.1 Å². The zero-order valence-corrected chi connectivity index (χ0v) is 37.3. The van der Waals surface area contributed by atoms with Crippen LogP contribution in [-0.2, 0) is 30.9 Å². The lowest BCUT2D eigenvalue weighted by molar-refractivity contribution is 0.0284. The third-order valence-corrected chi connectivity index (χ3v) is 9.71. The predicted octanol–water partition coefficient (Wildman–Crippen LogP) is 8.57. The molecule has 0 bridgehead atoms. The summed E-state index contributed by atoms with van der Waals surface area (Å²) in [5.41, 5.74) is 6.90. The normalized spacial score (nSPS) is 11.3. The smallest absolute Gasteiger partial charge is 0.410 e. The molecule has 0 fully saturated rings. The van der Waals surface area contributed by atoms with Gasteiger partial charge in [0.1, 0.15) is 30.3 Å². The molecule has 6 rings (SSSR count). The Labute approximate surface area is 372 Å². The molecule has 0 radical (unpaired) electrons. The number of ether oxygens (including phenoxy) is 3. The van der Waals surface area contributed by atoms with Crippen molar-refractivity contribution in [2.75, 3.05) is 26.8 Å². The Hall–Kier alpha value is -7.04. The van der Waals surface area contributed by atoms with Crippen molar-refractivity contribution in [2.45, 2.75) is 73.3 Å². The SMILES string of the molecule is CC(C)(C)CN(Cc1cccc(OCCn2ccc3ccc(C(=O)NO)cc32)c1)C(=O)O.CN(Cc1cccc(OCCn2ccc3ccc(C(=O)NO)cc32)c1)C(=O)OC(C)(C)C. The number of fused-ring (bicyclic) bond motifs is 2. The molecule has 16 nitrogen and oxygen atoms in total. The van der Waals surface area contributed by atoms with E-state index in [-0.39, 0.29) is 11.5 Å². The molecule has 0 aliphatic rings. The van der Waals surface area contributed by atoms with E-state index in [9.17, 15) is 24.3 Å². The van der Waals surface area contributed by atoms with Crippen LogP contribution in [0.3, 0.4) is 0 Å². The van der Waals surface area contributed by atoms with Gasteiger partial charge in [0, 0.05) is 61.2 Å². The number of carboxylic acid groups (broad SMARTS) is 1. The van der Waals surface area contributed by atoms with E-state index in [1.807, 2.05) is 136 Å². The van der Waals surface area contributed by atoms with Gasteiger partial charge in [-0.3, -0.25) is 20.0 Å².